The van der Waals surface area contributed by atoms with Crippen molar-refractivity contribution >= 4 is 11.8 Å². The molecule has 0 unspecified atom stereocenters. The van der Waals surface area contributed by atoms with Crippen LogP contribution in [0.3, 0.4) is 0 Å². The van der Waals surface area contributed by atoms with Gasteiger partial charge in [-0.05, 0) is 26.3 Å². The number of halogens is 1. The second-order valence-electron chi connectivity index (χ2n) is 8.08. The fraction of sp³-hybridized carbons (Fsp3) is 0.600. The molecular weight excluding hydrogens is 367 g/mol. The van der Waals surface area contributed by atoms with Gasteiger partial charge in [0.25, 0.3) is 0 Å². The molecule has 1 heterocycles. The molecule has 0 radical (unpaired) electrons. The van der Waals surface area contributed by atoms with E-state index in [0.29, 0.717) is 12.2 Å². The SMILES string of the molecule is CC1(C)OCC(C)(C)[C@H](C(=O)NCC[C@@H](O)C(=O)NCc2ccccc2F)O1. The van der Waals surface area contributed by atoms with Crippen molar-refractivity contribution in [2.24, 2.45) is 5.41 Å². The Bertz CT molecular complexity index is 708. The van der Waals surface area contributed by atoms with Crippen LogP contribution in [0.1, 0.15) is 39.7 Å². The van der Waals surface area contributed by atoms with Crippen LogP contribution < -0.4 is 10.6 Å². The average molecular weight is 396 g/mol. The Morgan fingerprint density at radius 3 is 2.61 bits per heavy atom. The Hall–Kier alpha value is -2.03. The highest BCUT2D eigenvalue weighted by atomic mass is 19.1. The summed E-state index contributed by atoms with van der Waals surface area (Å²) in [5.41, 5.74) is -0.173. The number of benzene rings is 1. The number of carbonyl (C=O) groups is 2. The highest BCUT2D eigenvalue weighted by Crippen LogP contribution is 2.34. The number of nitrogens with one attached hydrogen (secondary N) is 2. The van der Waals surface area contributed by atoms with Gasteiger partial charge in [-0.3, -0.25) is 9.59 Å². The molecule has 1 fully saturated rings. The van der Waals surface area contributed by atoms with Crippen LogP contribution in [-0.4, -0.2) is 48.1 Å². The predicted octanol–water partition coefficient (Wildman–Crippen LogP) is 1.49. The summed E-state index contributed by atoms with van der Waals surface area (Å²) in [6.45, 7) is 7.69. The number of carbonyl (C=O) groups excluding carboxylic acids is 2. The van der Waals surface area contributed by atoms with E-state index >= 15 is 0 Å². The number of ether oxygens (including phenoxy) is 2. The molecule has 2 rings (SSSR count). The topological polar surface area (TPSA) is 96.9 Å². The maximum atomic E-state index is 13.5. The molecule has 156 valence electrons. The molecule has 1 aromatic rings. The minimum Gasteiger partial charge on any atom is -0.383 e. The van der Waals surface area contributed by atoms with Crippen molar-refractivity contribution in [2.75, 3.05) is 13.2 Å². The summed E-state index contributed by atoms with van der Waals surface area (Å²) < 4.78 is 24.9. The highest BCUT2D eigenvalue weighted by molar-refractivity contribution is 5.82. The summed E-state index contributed by atoms with van der Waals surface area (Å²) in [7, 11) is 0. The van der Waals surface area contributed by atoms with Crippen molar-refractivity contribution in [3.8, 4) is 0 Å². The van der Waals surface area contributed by atoms with Gasteiger partial charge in [-0.25, -0.2) is 4.39 Å². The molecule has 3 N–H and O–H groups in total. The van der Waals surface area contributed by atoms with Crippen molar-refractivity contribution in [2.45, 2.75) is 58.7 Å². The van der Waals surface area contributed by atoms with Crippen LogP contribution in [0.15, 0.2) is 24.3 Å². The monoisotopic (exact) mass is 396 g/mol. The molecule has 1 aliphatic rings. The number of hydrogen-bond acceptors (Lipinski definition) is 5. The summed E-state index contributed by atoms with van der Waals surface area (Å²) in [5.74, 6) is -2.22. The van der Waals surface area contributed by atoms with Crippen molar-refractivity contribution in [1.82, 2.24) is 10.6 Å². The number of hydrogen-bond donors (Lipinski definition) is 3. The Morgan fingerprint density at radius 2 is 1.93 bits per heavy atom. The Balaban J connectivity index is 1.77. The zero-order chi connectivity index (χ0) is 20.9. The molecule has 0 aromatic heterocycles. The van der Waals surface area contributed by atoms with Crippen LogP contribution in [-0.2, 0) is 25.6 Å². The van der Waals surface area contributed by atoms with Crippen LogP contribution >= 0.6 is 0 Å². The second kappa shape index (κ2) is 8.98. The molecule has 8 heteroatoms. The number of aliphatic hydroxyl groups excluding tert-OH is 1. The summed E-state index contributed by atoms with van der Waals surface area (Å²) in [6, 6.07) is 6.08. The summed E-state index contributed by atoms with van der Waals surface area (Å²) >= 11 is 0. The van der Waals surface area contributed by atoms with E-state index < -0.39 is 35.1 Å². The fourth-order valence-corrected chi connectivity index (χ4v) is 2.82. The summed E-state index contributed by atoms with van der Waals surface area (Å²) in [6.07, 6.45) is -1.99. The van der Waals surface area contributed by atoms with Gasteiger partial charge in [0.15, 0.2) is 5.79 Å². The molecule has 0 saturated carbocycles. The van der Waals surface area contributed by atoms with Crippen molar-refractivity contribution < 1.29 is 28.6 Å². The minimum absolute atomic E-state index is 0.0197. The van der Waals surface area contributed by atoms with Gasteiger partial charge in [-0.1, -0.05) is 32.0 Å². The first-order valence-electron chi connectivity index (χ1n) is 9.30. The molecular formula is C20H29FN2O5. The summed E-state index contributed by atoms with van der Waals surface area (Å²) in [4.78, 5) is 24.4. The van der Waals surface area contributed by atoms with Gasteiger partial charge >= 0.3 is 0 Å². The van der Waals surface area contributed by atoms with Gasteiger partial charge < -0.3 is 25.2 Å². The minimum atomic E-state index is -1.31. The number of aliphatic hydroxyl groups is 1. The number of amides is 2. The lowest BCUT2D eigenvalue weighted by molar-refractivity contribution is -0.304. The first-order valence-corrected chi connectivity index (χ1v) is 9.30. The Kier molecular flexibility index (Phi) is 7.14. The first-order chi connectivity index (χ1) is 13.0. The smallest absolute Gasteiger partial charge is 0.249 e. The maximum absolute atomic E-state index is 13.5. The normalized spacial score (nSPS) is 21.6. The zero-order valence-electron chi connectivity index (χ0n) is 16.8. The molecule has 0 aliphatic carbocycles. The fourth-order valence-electron chi connectivity index (χ4n) is 2.82. The van der Waals surface area contributed by atoms with Crippen LogP contribution in [0.25, 0.3) is 0 Å². The van der Waals surface area contributed by atoms with E-state index in [0.717, 1.165) is 0 Å². The van der Waals surface area contributed by atoms with E-state index in [-0.39, 0.29) is 25.4 Å². The molecule has 0 spiro atoms. The van der Waals surface area contributed by atoms with Gasteiger partial charge in [0.1, 0.15) is 18.0 Å². The van der Waals surface area contributed by atoms with Crippen LogP contribution in [0.4, 0.5) is 4.39 Å². The van der Waals surface area contributed by atoms with Crippen molar-refractivity contribution in [1.29, 1.82) is 0 Å². The van der Waals surface area contributed by atoms with Gasteiger partial charge in [0, 0.05) is 24.1 Å². The molecule has 7 nitrogen and oxygen atoms in total. The predicted molar refractivity (Wildman–Crippen MR) is 101 cm³/mol. The lowest BCUT2D eigenvalue weighted by Gasteiger charge is -2.44. The van der Waals surface area contributed by atoms with Gasteiger partial charge in [0.05, 0.1) is 6.61 Å². The quantitative estimate of drug-likeness (QED) is 0.649. The van der Waals surface area contributed by atoms with Gasteiger partial charge in [-0.2, -0.15) is 0 Å². The Labute approximate surface area is 164 Å². The van der Waals surface area contributed by atoms with Crippen LogP contribution in [0.2, 0.25) is 0 Å². The second-order valence-corrected chi connectivity index (χ2v) is 8.08. The Morgan fingerprint density at radius 1 is 1.25 bits per heavy atom. The molecule has 0 bridgehead atoms. The molecule has 1 saturated heterocycles. The third-order valence-corrected chi connectivity index (χ3v) is 4.57. The first kappa shape index (κ1) is 22.3. The molecule has 1 aliphatic heterocycles. The van der Waals surface area contributed by atoms with Crippen LogP contribution in [0, 0.1) is 11.2 Å². The lowest BCUT2D eigenvalue weighted by atomic mass is 9.85. The third kappa shape index (κ3) is 5.98. The van der Waals surface area contributed by atoms with E-state index in [1.807, 2.05) is 13.8 Å². The average Bonchev–Trinajstić information content (AvgIpc) is 2.62. The van der Waals surface area contributed by atoms with E-state index in [4.69, 9.17) is 9.47 Å². The maximum Gasteiger partial charge on any atom is 0.249 e. The largest absolute Gasteiger partial charge is 0.383 e. The lowest BCUT2D eigenvalue weighted by Crippen LogP contribution is -2.56. The summed E-state index contributed by atoms with van der Waals surface area (Å²) in [5, 5.41) is 15.1. The van der Waals surface area contributed by atoms with Crippen molar-refractivity contribution in [3.05, 3.63) is 35.6 Å². The standard InChI is InChI=1S/C20H29FN2O5/c1-19(2)12-27-20(3,4)28-16(19)18(26)22-10-9-15(24)17(25)23-11-13-7-5-6-8-14(13)21/h5-8,15-16,24H,9-12H2,1-4H3,(H,22,26)(H,23,25)/t15-,16+/m1/s1. The van der Waals surface area contributed by atoms with E-state index in [1.54, 1.807) is 32.0 Å². The molecule has 28 heavy (non-hydrogen) atoms. The third-order valence-electron chi connectivity index (χ3n) is 4.57. The van der Waals surface area contributed by atoms with Gasteiger partial charge in [-0.15, -0.1) is 0 Å². The van der Waals surface area contributed by atoms with Gasteiger partial charge in [0.2, 0.25) is 11.8 Å². The number of rotatable bonds is 7. The molecule has 2 amide bonds. The van der Waals surface area contributed by atoms with E-state index in [9.17, 15) is 19.1 Å². The molecule has 2 atom stereocenters. The van der Waals surface area contributed by atoms with Crippen LogP contribution in [0.5, 0.6) is 0 Å². The highest BCUT2D eigenvalue weighted by Gasteiger charge is 2.45. The van der Waals surface area contributed by atoms with Crippen molar-refractivity contribution in [3.63, 3.8) is 0 Å². The van der Waals surface area contributed by atoms with E-state index in [2.05, 4.69) is 10.6 Å². The van der Waals surface area contributed by atoms with E-state index in [1.165, 1.54) is 6.07 Å². The molecule has 1 aromatic carbocycles. The zero-order valence-corrected chi connectivity index (χ0v) is 16.8.